The quantitative estimate of drug-likeness (QED) is 0.0222. The van der Waals surface area contributed by atoms with Gasteiger partial charge in [-0.15, -0.1) is 0 Å². The van der Waals surface area contributed by atoms with Crippen molar-refractivity contribution in [2.45, 2.75) is 465 Å². The first kappa shape index (κ1) is 102. The lowest BCUT2D eigenvalue weighted by molar-refractivity contribution is -0.161. The van der Waals surface area contributed by atoms with Crippen LogP contribution in [0.4, 0.5) is 0 Å². The van der Waals surface area contributed by atoms with Crippen LogP contribution in [0, 0.1) is 17.8 Å². The molecule has 0 fully saturated rings. The molecule has 0 spiro atoms. The normalized spacial score (nSPS) is 14.4. The molecule has 0 aliphatic carbocycles. The first-order valence-corrected chi connectivity index (χ1v) is 46.9. The number of hydrogen-bond donors (Lipinski definition) is 3. The van der Waals surface area contributed by atoms with Crippen molar-refractivity contribution in [3.05, 3.63) is 0 Å². The third kappa shape index (κ3) is 75.5. The second-order valence-electron chi connectivity index (χ2n) is 31.5. The number of carbonyl (C=O) groups is 4. The van der Waals surface area contributed by atoms with E-state index in [1.807, 2.05) is 0 Å². The van der Waals surface area contributed by atoms with Crippen LogP contribution in [0.15, 0.2) is 0 Å². The summed E-state index contributed by atoms with van der Waals surface area (Å²) in [5.74, 6) is 0.255. The van der Waals surface area contributed by atoms with E-state index in [2.05, 4.69) is 48.5 Å². The Hall–Kier alpha value is -1.94. The number of ether oxygens (including phenoxy) is 4. The predicted octanol–water partition coefficient (Wildman–Crippen LogP) is 25.7. The van der Waals surface area contributed by atoms with Crippen LogP contribution in [0.25, 0.3) is 0 Å². The van der Waals surface area contributed by atoms with Gasteiger partial charge in [-0.25, -0.2) is 9.13 Å². The minimum Gasteiger partial charge on any atom is -0.462 e. The Morgan fingerprint density at radius 2 is 0.490 bits per heavy atom. The number of esters is 4. The van der Waals surface area contributed by atoms with Gasteiger partial charge in [0.1, 0.15) is 19.3 Å². The van der Waals surface area contributed by atoms with E-state index < -0.39 is 97.5 Å². The zero-order chi connectivity index (χ0) is 76.5. The Kier molecular flexibility index (Phi) is 73.7. The van der Waals surface area contributed by atoms with Gasteiger partial charge in [-0.2, -0.15) is 0 Å². The first-order chi connectivity index (χ1) is 50.3. The van der Waals surface area contributed by atoms with E-state index in [1.54, 1.807) is 0 Å². The highest BCUT2D eigenvalue weighted by Gasteiger charge is 2.30. The molecule has 0 aromatic rings. The van der Waals surface area contributed by atoms with E-state index in [1.165, 1.54) is 257 Å². The van der Waals surface area contributed by atoms with Gasteiger partial charge in [-0.05, 0) is 43.4 Å². The molecule has 19 heteroatoms. The van der Waals surface area contributed by atoms with Crippen molar-refractivity contribution in [2.24, 2.45) is 17.8 Å². The largest absolute Gasteiger partial charge is 0.472 e. The highest BCUT2D eigenvalue weighted by Crippen LogP contribution is 2.45. The van der Waals surface area contributed by atoms with Crippen molar-refractivity contribution in [1.29, 1.82) is 0 Å². The van der Waals surface area contributed by atoms with Crippen molar-refractivity contribution in [1.82, 2.24) is 0 Å². The Bertz CT molecular complexity index is 2010. The van der Waals surface area contributed by atoms with Crippen LogP contribution in [-0.2, 0) is 65.4 Å². The summed E-state index contributed by atoms with van der Waals surface area (Å²) in [6.45, 7) is 12.0. The van der Waals surface area contributed by atoms with Gasteiger partial charge in [0, 0.05) is 25.7 Å². The topological polar surface area (TPSA) is 237 Å². The van der Waals surface area contributed by atoms with Gasteiger partial charge in [-0.1, -0.05) is 395 Å². The average Bonchev–Trinajstić information content (AvgIpc) is 0.903. The van der Waals surface area contributed by atoms with Crippen molar-refractivity contribution in [3.63, 3.8) is 0 Å². The molecule has 0 heterocycles. The van der Waals surface area contributed by atoms with E-state index in [0.717, 1.165) is 108 Å². The molecular weight excluding hydrogens is 1350 g/mol. The Balaban J connectivity index is 5.23. The van der Waals surface area contributed by atoms with Gasteiger partial charge in [0.2, 0.25) is 0 Å². The maximum atomic E-state index is 13.1. The Morgan fingerprint density at radius 1 is 0.279 bits per heavy atom. The zero-order valence-electron chi connectivity index (χ0n) is 68.5. The van der Waals surface area contributed by atoms with Gasteiger partial charge in [-0.3, -0.25) is 37.3 Å². The zero-order valence-corrected chi connectivity index (χ0v) is 70.3. The van der Waals surface area contributed by atoms with E-state index in [-0.39, 0.29) is 25.7 Å². The summed E-state index contributed by atoms with van der Waals surface area (Å²) in [7, 11) is -9.93. The predicted molar refractivity (Wildman–Crippen MR) is 428 cm³/mol. The molecule has 0 rings (SSSR count). The van der Waals surface area contributed by atoms with Crippen molar-refractivity contribution in [3.8, 4) is 0 Å². The number of unbranched alkanes of at least 4 members (excludes halogenated alkanes) is 49. The smallest absolute Gasteiger partial charge is 0.462 e. The molecule has 0 aromatic carbocycles. The number of phosphoric acid groups is 2. The minimum atomic E-state index is -4.97. The summed E-state index contributed by atoms with van der Waals surface area (Å²) < 4.78 is 68.8. The second kappa shape index (κ2) is 75.1. The van der Waals surface area contributed by atoms with Crippen molar-refractivity contribution in [2.75, 3.05) is 39.6 Å². The molecule has 104 heavy (non-hydrogen) atoms. The number of hydrogen-bond acceptors (Lipinski definition) is 15. The number of rotatable bonds is 83. The fourth-order valence-corrected chi connectivity index (χ4v) is 14.7. The molecule has 0 aliphatic rings. The summed E-state index contributed by atoms with van der Waals surface area (Å²) in [4.78, 5) is 73.2. The second-order valence-corrected chi connectivity index (χ2v) is 34.4. The highest BCUT2D eigenvalue weighted by atomic mass is 31.2. The summed E-state index contributed by atoms with van der Waals surface area (Å²) in [6.07, 6.45) is 65.3. The number of aliphatic hydroxyl groups is 1. The monoisotopic (exact) mass is 1520 g/mol. The lowest BCUT2D eigenvalue weighted by atomic mass is 9.99. The highest BCUT2D eigenvalue weighted by molar-refractivity contribution is 7.47. The lowest BCUT2D eigenvalue weighted by Crippen LogP contribution is -2.30. The van der Waals surface area contributed by atoms with E-state index >= 15 is 0 Å². The fourth-order valence-electron chi connectivity index (χ4n) is 13.1. The number of phosphoric ester groups is 2. The van der Waals surface area contributed by atoms with Crippen LogP contribution in [0.5, 0.6) is 0 Å². The molecule has 0 amide bonds. The Labute approximate surface area is 638 Å². The van der Waals surface area contributed by atoms with Gasteiger partial charge in [0.25, 0.3) is 0 Å². The molecule has 0 aromatic heterocycles. The standard InChI is InChI=1S/C85H166O17P2/c1-8-11-12-13-14-15-16-17-18-19-20-21-22-23-24-25-30-33-38-47-54-61-68-84(89)101-80(72-95-82(87)66-59-52-45-37-32-29-27-26-28-31-36-43-50-57-64-77(6)9-2)74-99-103(91,92)97-70-79(86)71-98-104(93,94)100-75-81(102-85(90)69-62-55-48-39-34-35-42-49-56-63-76(4)5)73-96-83(88)67-60-53-46-41-40-44-51-58-65-78(7)10-3/h76-81,86H,8-75H2,1-7H3,(H,91,92)(H,93,94)/t77?,78?,79-,80-,81-/m1/s1. The van der Waals surface area contributed by atoms with Gasteiger partial charge < -0.3 is 33.8 Å². The van der Waals surface area contributed by atoms with E-state index in [0.29, 0.717) is 25.7 Å². The third-order valence-electron chi connectivity index (χ3n) is 20.6. The van der Waals surface area contributed by atoms with Gasteiger partial charge in [0.15, 0.2) is 12.2 Å². The van der Waals surface area contributed by atoms with Crippen LogP contribution < -0.4 is 0 Å². The van der Waals surface area contributed by atoms with Crippen LogP contribution in [0.3, 0.4) is 0 Å². The lowest BCUT2D eigenvalue weighted by Gasteiger charge is -2.21. The molecule has 0 bridgehead atoms. The molecular formula is C85H166O17P2. The molecule has 0 saturated heterocycles. The van der Waals surface area contributed by atoms with Gasteiger partial charge in [0.05, 0.1) is 26.4 Å². The van der Waals surface area contributed by atoms with E-state index in [9.17, 15) is 43.2 Å². The molecule has 0 aliphatic heterocycles. The van der Waals surface area contributed by atoms with Crippen LogP contribution in [-0.4, -0.2) is 96.7 Å². The molecule has 4 unspecified atom stereocenters. The summed E-state index contributed by atoms with van der Waals surface area (Å²) >= 11 is 0. The molecule has 0 saturated carbocycles. The van der Waals surface area contributed by atoms with Crippen LogP contribution in [0.1, 0.15) is 447 Å². The molecule has 3 N–H and O–H groups in total. The SMILES string of the molecule is CCCCCCCCCCCCCCCCCCCCCCCCC(=O)O[C@H](COC(=O)CCCCCCCCCCCCCCCCC(C)CC)COP(=O)(O)OC[C@@H](O)COP(=O)(O)OC[C@@H](COC(=O)CCCCCCCCCCC(C)CC)OC(=O)CCCCCCCCCCCC(C)C. The average molecular weight is 1520 g/mol. The molecule has 17 nitrogen and oxygen atoms in total. The summed E-state index contributed by atoms with van der Waals surface area (Å²) in [5, 5.41) is 10.7. The van der Waals surface area contributed by atoms with Crippen molar-refractivity contribution >= 4 is 39.5 Å². The first-order valence-electron chi connectivity index (χ1n) is 43.9. The van der Waals surface area contributed by atoms with Gasteiger partial charge >= 0.3 is 39.5 Å². The fraction of sp³-hybridized carbons (Fsp3) is 0.953. The summed E-state index contributed by atoms with van der Waals surface area (Å²) in [5.41, 5.74) is 0. The van der Waals surface area contributed by atoms with E-state index in [4.69, 9.17) is 37.0 Å². The molecule has 0 radical (unpaired) electrons. The number of carbonyl (C=O) groups excluding carboxylic acids is 4. The molecule has 618 valence electrons. The van der Waals surface area contributed by atoms with Crippen LogP contribution >= 0.6 is 15.6 Å². The summed E-state index contributed by atoms with van der Waals surface area (Å²) in [6, 6.07) is 0. The maximum absolute atomic E-state index is 13.1. The number of aliphatic hydroxyl groups excluding tert-OH is 1. The van der Waals surface area contributed by atoms with Crippen LogP contribution in [0.2, 0.25) is 0 Å². The minimum absolute atomic E-state index is 0.105. The third-order valence-corrected chi connectivity index (χ3v) is 22.5. The van der Waals surface area contributed by atoms with Crippen molar-refractivity contribution < 1.29 is 80.2 Å². The molecule has 7 atom stereocenters. The Morgan fingerprint density at radius 3 is 0.731 bits per heavy atom. The maximum Gasteiger partial charge on any atom is 0.472 e.